The van der Waals surface area contributed by atoms with Crippen LogP contribution in [0.5, 0.6) is 5.75 Å². The predicted octanol–water partition coefficient (Wildman–Crippen LogP) is 4.79. The van der Waals surface area contributed by atoms with Crippen LogP contribution in [0.25, 0.3) is 0 Å². The van der Waals surface area contributed by atoms with Crippen molar-refractivity contribution in [1.29, 1.82) is 0 Å². The number of nitrogens with zero attached hydrogens (tertiary/aromatic N) is 1. The normalized spacial score (nSPS) is 10.3. The van der Waals surface area contributed by atoms with Gasteiger partial charge in [-0.3, -0.25) is 0 Å². The molecule has 0 radical (unpaired) electrons. The number of nitrogens with one attached hydrogen (secondary N) is 1. The fourth-order valence-corrected chi connectivity index (χ4v) is 2.24. The number of anilines is 1. The van der Waals surface area contributed by atoms with Gasteiger partial charge in [0.2, 0.25) is 0 Å². The van der Waals surface area contributed by atoms with Gasteiger partial charge in [0, 0.05) is 28.4 Å². The molecule has 1 N–H and O–H groups in total. The first-order valence-corrected chi connectivity index (χ1v) is 7.21. The quantitative estimate of drug-likeness (QED) is 0.833. The van der Waals surface area contributed by atoms with E-state index >= 15 is 0 Å². The zero-order valence-electron chi connectivity index (χ0n) is 11.2. The smallest absolute Gasteiger partial charge is 0.132 e. The van der Waals surface area contributed by atoms with Crippen LogP contribution < -0.4 is 10.1 Å². The molecule has 0 unspecified atom stereocenters. The van der Waals surface area contributed by atoms with Gasteiger partial charge < -0.3 is 10.1 Å². The summed E-state index contributed by atoms with van der Waals surface area (Å²) >= 11 is 11.9. The SMILES string of the molecule is CCCNc1ncccc1COc1cc(Cl)cc(Cl)c1. The molecule has 0 amide bonds. The van der Waals surface area contributed by atoms with Crippen molar-refractivity contribution in [3.05, 3.63) is 52.1 Å². The standard InChI is InChI=1S/C15H16Cl2N2O/c1-2-5-18-15-11(4-3-6-19-15)10-20-14-8-12(16)7-13(17)9-14/h3-4,6-9H,2,5,10H2,1H3,(H,18,19). The lowest BCUT2D eigenvalue weighted by molar-refractivity contribution is 0.306. The highest BCUT2D eigenvalue weighted by Crippen LogP contribution is 2.25. The molecule has 5 heteroatoms. The first-order valence-electron chi connectivity index (χ1n) is 6.45. The highest BCUT2D eigenvalue weighted by atomic mass is 35.5. The number of ether oxygens (including phenoxy) is 1. The van der Waals surface area contributed by atoms with Crippen LogP contribution in [0, 0.1) is 0 Å². The van der Waals surface area contributed by atoms with E-state index in [1.165, 1.54) is 0 Å². The minimum Gasteiger partial charge on any atom is -0.489 e. The first kappa shape index (κ1) is 14.9. The van der Waals surface area contributed by atoms with E-state index in [1.807, 2.05) is 12.1 Å². The molecule has 1 heterocycles. The Labute approximate surface area is 128 Å². The highest BCUT2D eigenvalue weighted by Gasteiger charge is 2.05. The Morgan fingerprint density at radius 3 is 2.65 bits per heavy atom. The first-order chi connectivity index (χ1) is 9.69. The maximum atomic E-state index is 5.94. The van der Waals surface area contributed by atoms with Crippen LogP contribution in [-0.4, -0.2) is 11.5 Å². The van der Waals surface area contributed by atoms with Gasteiger partial charge in [0.1, 0.15) is 18.2 Å². The summed E-state index contributed by atoms with van der Waals surface area (Å²) in [5.74, 6) is 1.50. The van der Waals surface area contributed by atoms with E-state index in [1.54, 1.807) is 24.4 Å². The zero-order chi connectivity index (χ0) is 14.4. The van der Waals surface area contributed by atoms with Crippen LogP contribution in [0.1, 0.15) is 18.9 Å². The van der Waals surface area contributed by atoms with Gasteiger partial charge in [-0.25, -0.2) is 4.98 Å². The van der Waals surface area contributed by atoms with Crippen LogP contribution in [0.2, 0.25) is 10.0 Å². The van der Waals surface area contributed by atoms with Gasteiger partial charge in [-0.05, 0) is 30.7 Å². The van der Waals surface area contributed by atoms with E-state index in [-0.39, 0.29) is 0 Å². The van der Waals surface area contributed by atoms with E-state index in [4.69, 9.17) is 27.9 Å². The molecule has 20 heavy (non-hydrogen) atoms. The second-order valence-corrected chi connectivity index (χ2v) is 5.20. The number of aromatic nitrogens is 1. The van der Waals surface area contributed by atoms with Crippen molar-refractivity contribution >= 4 is 29.0 Å². The van der Waals surface area contributed by atoms with Crippen LogP contribution in [-0.2, 0) is 6.61 Å². The van der Waals surface area contributed by atoms with Gasteiger partial charge in [0.05, 0.1) is 0 Å². The Morgan fingerprint density at radius 2 is 1.95 bits per heavy atom. The molecule has 0 bridgehead atoms. The predicted molar refractivity (Wildman–Crippen MR) is 83.8 cm³/mol. The molecule has 0 saturated carbocycles. The van der Waals surface area contributed by atoms with Gasteiger partial charge in [0.25, 0.3) is 0 Å². The third kappa shape index (κ3) is 4.29. The number of benzene rings is 1. The Morgan fingerprint density at radius 1 is 1.20 bits per heavy atom. The minimum absolute atomic E-state index is 0.413. The topological polar surface area (TPSA) is 34.2 Å². The van der Waals surface area contributed by atoms with Crippen molar-refractivity contribution in [3.8, 4) is 5.75 Å². The molecule has 2 rings (SSSR count). The maximum absolute atomic E-state index is 5.94. The van der Waals surface area contributed by atoms with Crippen molar-refractivity contribution in [2.75, 3.05) is 11.9 Å². The molecule has 0 fully saturated rings. The summed E-state index contributed by atoms with van der Waals surface area (Å²) in [6.45, 7) is 3.41. The second-order valence-electron chi connectivity index (χ2n) is 4.33. The van der Waals surface area contributed by atoms with Crippen molar-refractivity contribution in [2.45, 2.75) is 20.0 Å². The third-order valence-electron chi connectivity index (χ3n) is 2.66. The molecule has 106 valence electrons. The summed E-state index contributed by atoms with van der Waals surface area (Å²) in [6.07, 6.45) is 2.80. The molecule has 1 aromatic heterocycles. The largest absolute Gasteiger partial charge is 0.489 e. The van der Waals surface area contributed by atoms with Gasteiger partial charge in [0.15, 0.2) is 0 Å². The van der Waals surface area contributed by atoms with Crippen LogP contribution >= 0.6 is 23.2 Å². The van der Waals surface area contributed by atoms with Crippen molar-refractivity contribution in [2.24, 2.45) is 0 Å². The molecule has 0 atom stereocenters. The molecule has 0 aliphatic rings. The van der Waals surface area contributed by atoms with Gasteiger partial charge >= 0.3 is 0 Å². The number of pyridine rings is 1. The summed E-state index contributed by atoms with van der Waals surface area (Å²) < 4.78 is 5.73. The Balaban J connectivity index is 2.06. The van der Waals surface area contributed by atoms with Crippen molar-refractivity contribution in [1.82, 2.24) is 4.98 Å². The Kier molecular flexibility index (Phi) is 5.50. The van der Waals surface area contributed by atoms with E-state index in [2.05, 4.69) is 17.2 Å². The molecule has 0 spiro atoms. The van der Waals surface area contributed by atoms with Gasteiger partial charge in [-0.2, -0.15) is 0 Å². The third-order valence-corrected chi connectivity index (χ3v) is 3.10. The van der Waals surface area contributed by atoms with Crippen LogP contribution in [0.15, 0.2) is 36.5 Å². The van der Waals surface area contributed by atoms with Crippen molar-refractivity contribution in [3.63, 3.8) is 0 Å². The lowest BCUT2D eigenvalue weighted by Crippen LogP contribution is -2.07. The second kappa shape index (κ2) is 7.36. The minimum atomic E-state index is 0.413. The molecule has 3 nitrogen and oxygen atoms in total. The van der Waals surface area contributed by atoms with E-state index in [0.29, 0.717) is 22.4 Å². The molecular weight excluding hydrogens is 295 g/mol. The fourth-order valence-electron chi connectivity index (χ4n) is 1.73. The summed E-state index contributed by atoms with van der Waals surface area (Å²) in [5, 5.41) is 4.40. The van der Waals surface area contributed by atoms with E-state index in [0.717, 1.165) is 24.3 Å². The summed E-state index contributed by atoms with van der Waals surface area (Å²) in [7, 11) is 0. The van der Waals surface area contributed by atoms with Crippen LogP contribution in [0.4, 0.5) is 5.82 Å². The summed E-state index contributed by atoms with van der Waals surface area (Å²) in [6, 6.07) is 9.03. The number of hydrogen-bond acceptors (Lipinski definition) is 3. The number of rotatable bonds is 6. The Bertz CT molecular complexity index is 555. The molecule has 2 aromatic rings. The molecule has 0 aliphatic carbocycles. The molecule has 0 aliphatic heterocycles. The monoisotopic (exact) mass is 310 g/mol. The maximum Gasteiger partial charge on any atom is 0.132 e. The fraction of sp³-hybridized carbons (Fsp3) is 0.267. The molecule has 0 saturated heterocycles. The van der Waals surface area contributed by atoms with Gasteiger partial charge in [-0.15, -0.1) is 0 Å². The van der Waals surface area contributed by atoms with Crippen molar-refractivity contribution < 1.29 is 4.74 Å². The average Bonchev–Trinajstić information content (AvgIpc) is 2.43. The van der Waals surface area contributed by atoms with E-state index < -0.39 is 0 Å². The lowest BCUT2D eigenvalue weighted by atomic mass is 10.2. The van der Waals surface area contributed by atoms with Gasteiger partial charge in [-0.1, -0.05) is 36.2 Å². The lowest BCUT2D eigenvalue weighted by Gasteiger charge is -2.11. The summed E-state index contributed by atoms with van der Waals surface area (Å²) in [4.78, 5) is 4.32. The Hall–Kier alpha value is -1.45. The van der Waals surface area contributed by atoms with E-state index in [9.17, 15) is 0 Å². The number of halogens is 2. The molecule has 1 aromatic carbocycles. The number of hydrogen-bond donors (Lipinski definition) is 1. The zero-order valence-corrected chi connectivity index (χ0v) is 12.7. The molecular formula is C15H16Cl2N2O. The average molecular weight is 311 g/mol. The van der Waals surface area contributed by atoms with Crippen LogP contribution in [0.3, 0.4) is 0 Å². The highest BCUT2D eigenvalue weighted by molar-refractivity contribution is 6.34. The summed E-state index contributed by atoms with van der Waals surface area (Å²) in [5.41, 5.74) is 0.997.